The zero-order chi connectivity index (χ0) is 24.1. The molecule has 0 saturated carbocycles. The summed E-state index contributed by atoms with van der Waals surface area (Å²) in [6.45, 7) is 5.28. The summed E-state index contributed by atoms with van der Waals surface area (Å²) in [4.78, 5) is 36.3. The minimum absolute atomic E-state index is 0.0203. The molecule has 0 spiro atoms. The molecular formula is C24H31N7O3. The number of anilines is 2. The smallest absolute Gasteiger partial charge is 0.264 e. The maximum atomic E-state index is 13.3. The van der Waals surface area contributed by atoms with Crippen LogP contribution < -0.4 is 21.9 Å². The van der Waals surface area contributed by atoms with Gasteiger partial charge in [-0.25, -0.2) is 4.98 Å². The molecule has 4 rings (SSSR count). The number of aromatic nitrogens is 3. The number of hydrogen-bond donors (Lipinski definition) is 4. The standard InChI is InChI=1S/C24H31N7O3/c1-2-3-18(15-32)27-21-20-19(28-24(25)29-21)8-11-31(23(20)34)14-16-4-6-17(7-5-16)22(33)30-12-9-26-10-13-30/h4-8,11,18,26,32H,2-3,9-10,12-15H2,1H3,(H3,25,27,28,29). The van der Waals surface area contributed by atoms with Crippen molar-refractivity contribution in [2.75, 3.05) is 43.8 Å². The van der Waals surface area contributed by atoms with Crippen LogP contribution in [0.15, 0.2) is 41.3 Å². The van der Waals surface area contributed by atoms with Gasteiger partial charge < -0.3 is 30.9 Å². The summed E-state index contributed by atoms with van der Waals surface area (Å²) in [5.74, 6) is 0.406. The van der Waals surface area contributed by atoms with Crippen LogP contribution in [0.4, 0.5) is 11.8 Å². The van der Waals surface area contributed by atoms with Crippen molar-refractivity contribution < 1.29 is 9.90 Å². The van der Waals surface area contributed by atoms with E-state index in [1.54, 1.807) is 29.0 Å². The third-order valence-corrected chi connectivity index (χ3v) is 6.00. The van der Waals surface area contributed by atoms with Crippen LogP contribution in [0.2, 0.25) is 0 Å². The van der Waals surface area contributed by atoms with Crippen molar-refractivity contribution >= 4 is 28.6 Å². The molecule has 3 heterocycles. The van der Waals surface area contributed by atoms with E-state index < -0.39 is 0 Å². The number of rotatable bonds is 8. The molecule has 34 heavy (non-hydrogen) atoms. The van der Waals surface area contributed by atoms with Crippen molar-refractivity contribution in [3.8, 4) is 0 Å². The number of hydrogen-bond acceptors (Lipinski definition) is 8. The van der Waals surface area contributed by atoms with Crippen molar-refractivity contribution in [2.24, 2.45) is 0 Å². The van der Waals surface area contributed by atoms with Gasteiger partial charge in [0.15, 0.2) is 0 Å². The van der Waals surface area contributed by atoms with Gasteiger partial charge in [0.25, 0.3) is 11.5 Å². The number of carbonyl (C=O) groups excluding carboxylic acids is 1. The Labute approximate surface area is 197 Å². The second-order valence-corrected chi connectivity index (χ2v) is 8.49. The zero-order valence-corrected chi connectivity index (χ0v) is 19.3. The average Bonchev–Trinajstić information content (AvgIpc) is 2.85. The van der Waals surface area contributed by atoms with Crippen LogP contribution in [0.3, 0.4) is 0 Å². The normalized spacial score (nSPS) is 14.8. The predicted octanol–water partition coefficient (Wildman–Crippen LogP) is 1.04. The minimum Gasteiger partial charge on any atom is -0.394 e. The second kappa shape index (κ2) is 10.6. The highest BCUT2D eigenvalue weighted by molar-refractivity contribution is 5.94. The van der Waals surface area contributed by atoms with E-state index in [-0.39, 0.29) is 30.1 Å². The lowest BCUT2D eigenvalue weighted by atomic mass is 10.1. The van der Waals surface area contributed by atoms with Crippen molar-refractivity contribution in [1.82, 2.24) is 24.8 Å². The third-order valence-electron chi connectivity index (χ3n) is 6.00. The first-order chi connectivity index (χ1) is 16.5. The summed E-state index contributed by atoms with van der Waals surface area (Å²) < 4.78 is 1.58. The Bertz CT molecular complexity index is 1200. The highest BCUT2D eigenvalue weighted by atomic mass is 16.3. The number of aliphatic hydroxyl groups excluding tert-OH is 1. The van der Waals surface area contributed by atoms with Gasteiger partial charge in [-0.3, -0.25) is 9.59 Å². The van der Waals surface area contributed by atoms with E-state index in [9.17, 15) is 14.7 Å². The van der Waals surface area contributed by atoms with Gasteiger partial charge in [0, 0.05) is 37.9 Å². The Kier molecular flexibility index (Phi) is 7.39. The molecule has 1 amide bonds. The molecule has 2 aromatic heterocycles. The van der Waals surface area contributed by atoms with E-state index in [4.69, 9.17) is 5.73 Å². The number of nitrogens with one attached hydrogen (secondary N) is 2. The fourth-order valence-corrected chi connectivity index (χ4v) is 4.18. The van der Waals surface area contributed by atoms with Crippen molar-refractivity contribution in [3.63, 3.8) is 0 Å². The van der Waals surface area contributed by atoms with Crippen molar-refractivity contribution in [3.05, 3.63) is 58.0 Å². The Balaban J connectivity index is 1.59. The van der Waals surface area contributed by atoms with E-state index in [0.29, 0.717) is 41.9 Å². The van der Waals surface area contributed by atoms with Gasteiger partial charge in [0.05, 0.1) is 24.7 Å². The molecule has 5 N–H and O–H groups in total. The van der Waals surface area contributed by atoms with Gasteiger partial charge in [0.2, 0.25) is 5.95 Å². The molecule has 1 unspecified atom stereocenters. The number of aliphatic hydroxyl groups is 1. The Morgan fingerprint density at radius 2 is 1.94 bits per heavy atom. The molecule has 0 aliphatic carbocycles. The van der Waals surface area contributed by atoms with Crippen LogP contribution in [0, 0.1) is 0 Å². The number of carbonyl (C=O) groups is 1. The largest absolute Gasteiger partial charge is 0.394 e. The fourth-order valence-electron chi connectivity index (χ4n) is 4.18. The molecule has 0 radical (unpaired) electrons. The number of nitrogens with two attached hydrogens (primary N) is 1. The number of pyridine rings is 1. The SMILES string of the molecule is CCCC(CO)Nc1nc(N)nc2ccn(Cc3ccc(C(=O)N4CCNCC4)cc3)c(=O)c12. The molecule has 180 valence electrons. The number of nitrogen functional groups attached to an aromatic ring is 1. The van der Waals surface area contributed by atoms with Gasteiger partial charge >= 0.3 is 0 Å². The van der Waals surface area contributed by atoms with E-state index in [2.05, 4.69) is 20.6 Å². The Hall–Kier alpha value is -3.50. The number of amides is 1. The third kappa shape index (κ3) is 5.18. The average molecular weight is 466 g/mol. The molecule has 1 fully saturated rings. The van der Waals surface area contributed by atoms with Crippen LogP contribution in [0.5, 0.6) is 0 Å². The topological polar surface area (TPSA) is 138 Å². The molecule has 10 heteroatoms. The Morgan fingerprint density at radius 3 is 2.62 bits per heavy atom. The lowest BCUT2D eigenvalue weighted by molar-refractivity contribution is 0.0736. The van der Waals surface area contributed by atoms with Gasteiger partial charge in [-0.2, -0.15) is 4.98 Å². The fraction of sp³-hybridized carbons (Fsp3) is 0.417. The minimum atomic E-state index is -0.255. The summed E-state index contributed by atoms with van der Waals surface area (Å²) in [6.07, 6.45) is 3.27. The molecule has 10 nitrogen and oxygen atoms in total. The van der Waals surface area contributed by atoms with Gasteiger partial charge in [0.1, 0.15) is 11.2 Å². The lowest BCUT2D eigenvalue weighted by Gasteiger charge is -2.27. The van der Waals surface area contributed by atoms with Gasteiger partial charge in [-0.15, -0.1) is 0 Å². The molecule has 1 saturated heterocycles. The van der Waals surface area contributed by atoms with Crippen molar-refractivity contribution in [1.29, 1.82) is 0 Å². The maximum Gasteiger partial charge on any atom is 0.264 e. The summed E-state index contributed by atoms with van der Waals surface area (Å²) in [6, 6.07) is 8.84. The summed E-state index contributed by atoms with van der Waals surface area (Å²) in [5, 5.41) is 16.4. The summed E-state index contributed by atoms with van der Waals surface area (Å²) >= 11 is 0. The molecule has 1 atom stereocenters. The zero-order valence-electron chi connectivity index (χ0n) is 19.3. The molecule has 1 aliphatic heterocycles. The monoisotopic (exact) mass is 465 g/mol. The van der Waals surface area contributed by atoms with Gasteiger partial charge in [-0.1, -0.05) is 25.5 Å². The lowest BCUT2D eigenvalue weighted by Crippen LogP contribution is -2.46. The molecule has 3 aromatic rings. The highest BCUT2D eigenvalue weighted by Gasteiger charge is 2.18. The number of benzene rings is 1. The van der Waals surface area contributed by atoms with E-state index >= 15 is 0 Å². The van der Waals surface area contributed by atoms with E-state index in [1.807, 2.05) is 24.0 Å². The second-order valence-electron chi connectivity index (χ2n) is 8.49. The van der Waals surface area contributed by atoms with Crippen LogP contribution in [0.25, 0.3) is 10.9 Å². The maximum absolute atomic E-state index is 13.3. The Morgan fingerprint density at radius 1 is 1.21 bits per heavy atom. The summed E-state index contributed by atoms with van der Waals surface area (Å²) in [7, 11) is 0. The number of nitrogens with zero attached hydrogens (tertiary/aromatic N) is 4. The number of piperazine rings is 1. The van der Waals surface area contributed by atoms with Crippen molar-refractivity contribution in [2.45, 2.75) is 32.4 Å². The van der Waals surface area contributed by atoms with Gasteiger partial charge in [-0.05, 0) is 30.2 Å². The first-order valence-electron chi connectivity index (χ1n) is 11.6. The molecule has 1 aliphatic rings. The molecule has 0 bridgehead atoms. The molecule has 1 aromatic carbocycles. The first kappa shape index (κ1) is 23.7. The van der Waals surface area contributed by atoms with E-state index in [0.717, 1.165) is 31.5 Å². The van der Waals surface area contributed by atoms with Crippen LogP contribution >= 0.6 is 0 Å². The first-order valence-corrected chi connectivity index (χ1v) is 11.6. The number of fused-ring (bicyclic) bond motifs is 1. The molecular weight excluding hydrogens is 434 g/mol. The van der Waals surface area contributed by atoms with E-state index in [1.165, 1.54) is 0 Å². The predicted molar refractivity (Wildman–Crippen MR) is 132 cm³/mol. The van der Waals surface area contributed by atoms with Crippen LogP contribution in [-0.4, -0.2) is 69.3 Å². The highest BCUT2D eigenvalue weighted by Crippen LogP contribution is 2.20. The summed E-state index contributed by atoms with van der Waals surface area (Å²) in [5.41, 5.74) is 7.57. The van der Waals surface area contributed by atoms with Crippen LogP contribution in [-0.2, 0) is 6.54 Å². The quantitative estimate of drug-likeness (QED) is 0.387. The van der Waals surface area contributed by atoms with Crippen LogP contribution in [0.1, 0.15) is 35.7 Å².